The molecular weight excluding hydrogens is 152 g/mol. The Hall–Kier alpha value is -1.27. The first kappa shape index (κ1) is 10.7. The van der Waals surface area contributed by atoms with E-state index in [1.165, 1.54) is 6.08 Å². The van der Waals surface area contributed by atoms with E-state index in [-0.39, 0.29) is 12.5 Å². The Kier molecular flexibility index (Phi) is 5.76. The molecule has 1 amide bonds. The molecule has 0 saturated heterocycles. The van der Waals surface area contributed by atoms with Gasteiger partial charge in [-0.15, -0.1) is 6.42 Å². The molecule has 3 heteroatoms. The summed E-state index contributed by atoms with van der Waals surface area (Å²) in [6, 6.07) is 0. The third-order valence-electron chi connectivity index (χ3n) is 1.10. The minimum absolute atomic E-state index is 0.144. The molecule has 1 N–H and O–H groups in total. The molecule has 0 heterocycles. The van der Waals surface area contributed by atoms with E-state index in [0.717, 1.165) is 6.54 Å². The lowest BCUT2D eigenvalue weighted by atomic mass is 10.4. The van der Waals surface area contributed by atoms with Gasteiger partial charge in [-0.1, -0.05) is 12.0 Å². The predicted molar refractivity (Wildman–Crippen MR) is 49.5 cm³/mol. The van der Waals surface area contributed by atoms with Crippen molar-refractivity contribution >= 4 is 5.91 Å². The van der Waals surface area contributed by atoms with Crippen LogP contribution in [0, 0.1) is 12.3 Å². The Morgan fingerprint density at radius 1 is 1.67 bits per heavy atom. The lowest BCUT2D eigenvalue weighted by Crippen LogP contribution is -2.21. The fourth-order valence-corrected chi connectivity index (χ4v) is 0.568. The first-order valence-electron chi connectivity index (χ1n) is 3.69. The first-order chi connectivity index (χ1) is 5.66. The highest BCUT2D eigenvalue weighted by Gasteiger charge is 1.90. The van der Waals surface area contributed by atoms with Crippen LogP contribution in [0.5, 0.6) is 0 Å². The summed E-state index contributed by atoms with van der Waals surface area (Å²) in [5, 5.41) is 2.53. The predicted octanol–water partition coefficient (Wildman–Crippen LogP) is -0.146. The van der Waals surface area contributed by atoms with E-state index in [4.69, 9.17) is 6.42 Å². The average molecular weight is 166 g/mol. The number of hydrogen-bond donors (Lipinski definition) is 1. The lowest BCUT2D eigenvalue weighted by molar-refractivity contribution is -0.116. The van der Waals surface area contributed by atoms with Crippen molar-refractivity contribution in [3.8, 4) is 12.3 Å². The van der Waals surface area contributed by atoms with Crippen molar-refractivity contribution < 1.29 is 4.79 Å². The van der Waals surface area contributed by atoms with Gasteiger partial charge >= 0.3 is 0 Å². The molecule has 0 spiro atoms. The van der Waals surface area contributed by atoms with Gasteiger partial charge in [-0.25, -0.2) is 0 Å². The molecule has 0 aromatic rings. The molecule has 0 saturated carbocycles. The van der Waals surface area contributed by atoms with Crippen molar-refractivity contribution in [1.82, 2.24) is 10.2 Å². The third-order valence-corrected chi connectivity index (χ3v) is 1.10. The molecule has 12 heavy (non-hydrogen) atoms. The van der Waals surface area contributed by atoms with E-state index in [2.05, 4.69) is 11.2 Å². The molecule has 0 unspecified atom stereocenters. The smallest absolute Gasteiger partial charge is 0.244 e. The van der Waals surface area contributed by atoms with E-state index in [1.54, 1.807) is 6.08 Å². The SMILES string of the molecule is C#CCNC(=O)C=CCN(C)C. The molecule has 0 bridgehead atoms. The molecule has 0 radical (unpaired) electrons. The van der Waals surface area contributed by atoms with Gasteiger partial charge in [0.25, 0.3) is 0 Å². The van der Waals surface area contributed by atoms with Gasteiger partial charge in [0.1, 0.15) is 0 Å². The number of amides is 1. The highest BCUT2D eigenvalue weighted by molar-refractivity contribution is 5.87. The Morgan fingerprint density at radius 2 is 2.33 bits per heavy atom. The van der Waals surface area contributed by atoms with Crippen molar-refractivity contribution in [2.24, 2.45) is 0 Å². The number of hydrogen-bond acceptors (Lipinski definition) is 2. The Labute approximate surface area is 73.4 Å². The number of nitrogens with zero attached hydrogens (tertiary/aromatic N) is 1. The number of nitrogens with one attached hydrogen (secondary N) is 1. The average Bonchev–Trinajstić information content (AvgIpc) is 2.00. The number of rotatable bonds is 4. The molecule has 0 aliphatic heterocycles. The topological polar surface area (TPSA) is 32.3 Å². The van der Waals surface area contributed by atoms with Crippen LogP contribution in [-0.4, -0.2) is 38.0 Å². The maximum absolute atomic E-state index is 10.9. The molecule has 66 valence electrons. The van der Waals surface area contributed by atoms with Crippen LogP contribution in [0.25, 0.3) is 0 Å². The maximum Gasteiger partial charge on any atom is 0.244 e. The zero-order valence-electron chi connectivity index (χ0n) is 7.50. The Bertz CT molecular complexity index is 201. The maximum atomic E-state index is 10.9. The Morgan fingerprint density at radius 3 is 2.83 bits per heavy atom. The molecule has 0 atom stereocenters. The largest absolute Gasteiger partial charge is 0.342 e. The van der Waals surface area contributed by atoms with E-state index in [0.29, 0.717) is 0 Å². The van der Waals surface area contributed by atoms with Gasteiger partial charge in [-0.3, -0.25) is 4.79 Å². The molecular formula is C9H14N2O. The van der Waals surface area contributed by atoms with Gasteiger partial charge in [-0.2, -0.15) is 0 Å². The molecule has 0 fully saturated rings. The van der Waals surface area contributed by atoms with Crippen molar-refractivity contribution in [3.63, 3.8) is 0 Å². The second-order valence-electron chi connectivity index (χ2n) is 2.59. The van der Waals surface area contributed by atoms with Crippen LogP contribution in [0.15, 0.2) is 12.2 Å². The second kappa shape index (κ2) is 6.44. The van der Waals surface area contributed by atoms with Gasteiger partial charge in [-0.05, 0) is 14.1 Å². The van der Waals surface area contributed by atoms with Gasteiger partial charge < -0.3 is 10.2 Å². The number of carbonyl (C=O) groups is 1. The summed E-state index contributed by atoms with van der Waals surface area (Å²) in [5.74, 6) is 2.18. The summed E-state index contributed by atoms with van der Waals surface area (Å²) in [7, 11) is 3.87. The fourth-order valence-electron chi connectivity index (χ4n) is 0.568. The quantitative estimate of drug-likeness (QED) is 0.465. The number of likely N-dealkylation sites (N-methyl/N-ethyl adjacent to an activating group) is 1. The highest BCUT2D eigenvalue weighted by Crippen LogP contribution is 1.77. The minimum atomic E-state index is -0.144. The number of carbonyl (C=O) groups excluding carboxylic acids is 1. The summed E-state index contributed by atoms with van der Waals surface area (Å²) < 4.78 is 0. The van der Waals surface area contributed by atoms with Crippen LogP contribution >= 0.6 is 0 Å². The summed E-state index contributed by atoms with van der Waals surface area (Å²) in [6.07, 6.45) is 8.22. The fraction of sp³-hybridized carbons (Fsp3) is 0.444. The zero-order valence-corrected chi connectivity index (χ0v) is 7.50. The minimum Gasteiger partial charge on any atom is -0.342 e. The normalized spacial score (nSPS) is 10.2. The van der Waals surface area contributed by atoms with Crippen LogP contribution in [0.4, 0.5) is 0 Å². The first-order valence-corrected chi connectivity index (χ1v) is 3.69. The monoisotopic (exact) mass is 166 g/mol. The van der Waals surface area contributed by atoms with Crippen molar-refractivity contribution in [1.29, 1.82) is 0 Å². The molecule has 0 aliphatic carbocycles. The van der Waals surface area contributed by atoms with Crippen LogP contribution in [0.1, 0.15) is 0 Å². The second-order valence-corrected chi connectivity index (χ2v) is 2.59. The van der Waals surface area contributed by atoms with Gasteiger partial charge in [0, 0.05) is 12.6 Å². The van der Waals surface area contributed by atoms with Crippen molar-refractivity contribution in [2.45, 2.75) is 0 Å². The highest BCUT2D eigenvalue weighted by atomic mass is 16.1. The summed E-state index contributed by atoms with van der Waals surface area (Å²) >= 11 is 0. The van der Waals surface area contributed by atoms with E-state index < -0.39 is 0 Å². The van der Waals surface area contributed by atoms with Crippen molar-refractivity contribution in [3.05, 3.63) is 12.2 Å². The summed E-state index contributed by atoms with van der Waals surface area (Å²) in [6.45, 7) is 1.04. The summed E-state index contributed by atoms with van der Waals surface area (Å²) in [4.78, 5) is 12.8. The van der Waals surface area contributed by atoms with Gasteiger partial charge in [0.05, 0.1) is 6.54 Å². The van der Waals surface area contributed by atoms with Crippen LogP contribution in [-0.2, 0) is 4.79 Å². The third kappa shape index (κ3) is 6.84. The van der Waals surface area contributed by atoms with Gasteiger partial charge in [0.15, 0.2) is 0 Å². The van der Waals surface area contributed by atoms with Crippen LogP contribution < -0.4 is 5.32 Å². The summed E-state index contributed by atoms with van der Waals surface area (Å²) in [5.41, 5.74) is 0. The molecule has 0 aliphatic rings. The van der Waals surface area contributed by atoms with E-state index in [1.807, 2.05) is 19.0 Å². The van der Waals surface area contributed by atoms with Gasteiger partial charge in [0.2, 0.25) is 5.91 Å². The zero-order chi connectivity index (χ0) is 9.40. The van der Waals surface area contributed by atoms with E-state index >= 15 is 0 Å². The molecule has 0 rings (SSSR count). The lowest BCUT2D eigenvalue weighted by Gasteiger charge is -2.03. The van der Waals surface area contributed by atoms with Crippen LogP contribution in [0.3, 0.4) is 0 Å². The molecule has 0 aromatic carbocycles. The van der Waals surface area contributed by atoms with Crippen molar-refractivity contribution in [2.75, 3.05) is 27.2 Å². The van der Waals surface area contributed by atoms with Crippen LogP contribution in [0.2, 0.25) is 0 Å². The Balaban J connectivity index is 3.55. The number of terminal acetylenes is 1. The molecule has 3 nitrogen and oxygen atoms in total. The van der Waals surface area contributed by atoms with E-state index in [9.17, 15) is 4.79 Å². The standard InChI is InChI=1S/C9H14N2O/c1-4-7-10-9(12)6-5-8-11(2)3/h1,5-6H,7-8H2,2-3H3,(H,10,12). The molecule has 0 aromatic heterocycles.